The molecule has 0 aliphatic rings. The van der Waals surface area contributed by atoms with Crippen LogP contribution in [0.1, 0.15) is 33.6 Å². The van der Waals surface area contributed by atoms with E-state index in [1.54, 1.807) is 6.92 Å². The number of carbonyl (C=O) groups excluding carboxylic acids is 2. The number of alkyl carbamates (subject to hydrolysis) is 1. The van der Waals surface area contributed by atoms with Gasteiger partial charge in [0.1, 0.15) is 16.5 Å². The van der Waals surface area contributed by atoms with Crippen molar-refractivity contribution < 1.29 is 19.1 Å². The first-order chi connectivity index (χ1) is 12.2. The van der Waals surface area contributed by atoms with Crippen LogP contribution in [0, 0.1) is 0 Å². The zero-order valence-corrected chi connectivity index (χ0v) is 14.8. The summed E-state index contributed by atoms with van der Waals surface area (Å²) in [5.41, 5.74) is 0.943. The highest BCUT2D eigenvalue weighted by atomic mass is 32.1. The van der Waals surface area contributed by atoms with Crippen molar-refractivity contribution in [2.45, 2.75) is 20.0 Å². The van der Waals surface area contributed by atoms with Crippen LogP contribution in [0.5, 0.6) is 0 Å². The molecule has 1 amide bonds. The highest BCUT2D eigenvalue weighted by Gasteiger charge is 2.09. The van der Waals surface area contributed by atoms with Crippen LogP contribution in [0.2, 0.25) is 0 Å². The number of hydrogen-bond donors (Lipinski definition) is 1. The predicted octanol–water partition coefficient (Wildman–Crippen LogP) is 3.65. The number of ether oxygens (including phenoxy) is 2. The van der Waals surface area contributed by atoms with E-state index in [1.165, 1.54) is 17.5 Å². The Kier molecular flexibility index (Phi) is 7.65. The molecule has 0 saturated heterocycles. The number of thiazole rings is 1. The molecule has 6 nitrogen and oxygen atoms in total. The van der Waals surface area contributed by atoms with Gasteiger partial charge in [-0.25, -0.2) is 14.6 Å². The van der Waals surface area contributed by atoms with Crippen molar-refractivity contribution in [3.8, 4) is 0 Å². The van der Waals surface area contributed by atoms with Crippen LogP contribution in [-0.4, -0.2) is 30.2 Å². The van der Waals surface area contributed by atoms with Gasteiger partial charge >= 0.3 is 12.1 Å². The molecule has 0 aliphatic heterocycles. The molecule has 2 rings (SSSR count). The van der Waals surface area contributed by atoms with Gasteiger partial charge in [-0.05, 0) is 25.0 Å². The number of hydrogen-bond acceptors (Lipinski definition) is 6. The van der Waals surface area contributed by atoms with Crippen LogP contribution < -0.4 is 5.32 Å². The number of amides is 1. The van der Waals surface area contributed by atoms with Gasteiger partial charge in [-0.15, -0.1) is 11.3 Å². The monoisotopic (exact) mass is 360 g/mol. The SMILES string of the molecule is CCOC(=O)c1cnc(C=CCCNC(=O)OCc2ccccc2)s1. The molecule has 2 aromatic rings. The van der Waals surface area contributed by atoms with Crippen LogP contribution >= 0.6 is 11.3 Å². The summed E-state index contributed by atoms with van der Waals surface area (Å²) in [7, 11) is 0. The zero-order chi connectivity index (χ0) is 17.9. The van der Waals surface area contributed by atoms with Gasteiger partial charge in [0.15, 0.2) is 0 Å². The first-order valence-electron chi connectivity index (χ1n) is 7.93. The van der Waals surface area contributed by atoms with Gasteiger partial charge < -0.3 is 14.8 Å². The molecule has 0 unspecified atom stereocenters. The lowest BCUT2D eigenvalue weighted by Crippen LogP contribution is -2.24. The fourth-order valence-electron chi connectivity index (χ4n) is 1.88. The summed E-state index contributed by atoms with van der Waals surface area (Å²) in [5.74, 6) is -0.359. The first kappa shape index (κ1) is 18.7. The van der Waals surface area contributed by atoms with E-state index in [1.807, 2.05) is 42.5 Å². The Bertz CT molecular complexity index is 713. The quantitative estimate of drug-likeness (QED) is 0.574. The minimum atomic E-state index is -0.448. The molecule has 25 heavy (non-hydrogen) atoms. The summed E-state index contributed by atoms with van der Waals surface area (Å²) < 4.78 is 10.0. The third-order valence-electron chi connectivity index (χ3n) is 3.05. The maximum Gasteiger partial charge on any atom is 0.407 e. The van der Waals surface area contributed by atoms with Crippen molar-refractivity contribution in [2.75, 3.05) is 13.2 Å². The van der Waals surface area contributed by atoms with Crippen molar-refractivity contribution in [2.24, 2.45) is 0 Å². The Labute approximate surface area is 150 Å². The molecule has 1 aromatic carbocycles. The molecule has 1 aromatic heterocycles. The van der Waals surface area contributed by atoms with Gasteiger partial charge in [-0.1, -0.05) is 36.4 Å². The molecule has 0 saturated carbocycles. The minimum absolute atomic E-state index is 0.248. The summed E-state index contributed by atoms with van der Waals surface area (Å²) in [6.07, 6.45) is 5.38. The average Bonchev–Trinajstić information content (AvgIpc) is 3.10. The third-order valence-corrected chi connectivity index (χ3v) is 4.00. The van der Waals surface area contributed by atoms with E-state index in [0.29, 0.717) is 24.4 Å². The van der Waals surface area contributed by atoms with Gasteiger partial charge in [0.05, 0.1) is 12.8 Å². The van der Waals surface area contributed by atoms with E-state index >= 15 is 0 Å². The molecule has 1 N–H and O–H groups in total. The van der Waals surface area contributed by atoms with E-state index in [4.69, 9.17) is 9.47 Å². The molecule has 0 fully saturated rings. The molecule has 132 valence electrons. The lowest BCUT2D eigenvalue weighted by molar-refractivity contribution is 0.0531. The highest BCUT2D eigenvalue weighted by molar-refractivity contribution is 7.14. The second kappa shape index (κ2) is 10.2. The summed E-state index contributed by atoms with van der Waals surface area (Å²) in [6.45, 7) is 2.81. The summed E-state index contributed by atoms with van der Waals surface area (Å²) in [4.78, 5) is 27.7. The van der Waals surface area contributed by atoms with Crippen LogP contribution in [-0.2, 0) is 16.1 Å². The van der Waals surface area contributed by atoms with E-state index in [9.17, 15) is 9.59 Å². The number of rotatable bonds is 8. The smallest absolute Gasteiger partial charge is 0.407 e. The van der Waals surface area contributed by atoms with Crippen molar-refractivity contribution >= 4 is 29.5 Å². The van der Waals surface area contributed by atoms with Crippen LogP contribution in [0.25, 0.3) is 6.08 Å². The fourth-order valence-corrected chi connectivity index (χ4v) is 2.62. The number of benzene rings is 1. The molecule has 0 atom stereocenters. The molecule has 0 radical (unpaired) electrons. The Morgan fingerprint density at radius 3 is 2.80 bits per heavy atom. The van der Waals surface area contributed by atoms with Crippen molar-refractivity contribution in [3.05, 3.63) is 58.1 Å². The standard InChI is InChI=1S/C18H20N2O4S/c1-2-23-17(21)15-12-20-16(25-15)10-6-7-11-19-18(22)24-13-14-8-4-3-5-9-14/h3-6,8-10,12H,2,7,11,13H2,1H3,(H,19,22). The number of nitrogens with zero attached hydrogens (tertiary/aromatic N) is 1. The number of aromatic nitrogens is 1. The minimum Gasteiger partial charge on any atom is -0.462 e. The Morgan fingerprint density at radius 2 is 2.04 bits per heavy atom. The second-order valence-electron chi connectivity index (χ2n) is 4.96. The fraction of sp³-hybridized carbons (Fsp3) is 0.278. The first-order valence-corrected chi connectivity index (χ1v) is 8.74. The molecule has 1 heterocycles. The number of carbonyl (C=O) groups is 2. The van der Waals surface area contributed by atoms with E-state index < -0.39 is 6.09 Å². The summed E-state index contributed by atoms with van der Waals surface area (Å²) in [5, 5.41) is 3.39. The van der Waals surface area contributed by atoms with Crippen molar-refractivity contribution in [3.63, 3.8) is 0 Å². The molecule has 0 bridgehead atoms. The van der Waals surface area contributed by atoms with E-state index in [-0.39, 0.29) is 12.6 Å². The molecular weight excluding hydrogens is 340 g/mol. The summed E-state index contributed by atoms with van der Waals surface area (Å²) in [6, 6.07) is 9.50. The van der Waals surface area contributed by atoms with Gasteiger partial charge in [0, 0.05) is 6.54 Å². The van der Waals surface area contributed by atoms with E-state index in [0.717, 1.165) is 10.6 Å². The Morgan fingerprint density at radius 1 is 1.24 bits per heavy atom. The third kappa shape index (κ3) is 6.76. The second-order valence-corrected chi connectivity index (χ2v) is 6.02. The van der Waals surface area contributed by atoms with Gasteiger partial charge in [-0.3, -0.25) is 0 Å². The zero-order valence-electron chi connectivity index (χ0n) is 13.9. The van der Waals surface area contributed by atoms with Crippen molar-refractivity contribution in [1.29, 1.82) is 0 Å². The van der Waals surface area contributed by atoms with Crippen molar-refractivity contribution in [1.82, 2.24) is 10.3 Å². The highest BCUT2D eigenvalue weighted by Crippen LogP contribution is 2.15. The van der Waals surface area contributed by atoms with Gasteiger partial charge in [0.2, 0.25) is 0 Å². The maximum atomic E-state index is 11.6. The largest absolute Gasteiger partial charge is 0.462 e. The van der Waals surface area contributed by atoms with Crippen LogP contribution in [0.4, 0.5) is 4.79 Å². The normalized spacial score (nSPS) is 10.6. The maximum absolute atomic E-state index is 11.6. The predicted molar refractivity (Wildman–Crippen MR) is 96.4 cm³/mol. The molecule has 0 spiro atoms. The van der Waals surface area contributed by atoms with Crippen LogP contribution in [0.15, 0.2) is 42.6 Å². The molecule has 7 heteroatoms. The Hall–Kier alpha value is -2.67. The lowest BCUT2D eigenvalue weighted by Gasteiger charge is -2.05. The van der Waals surface area contributed by atoms with E-state index in [2.05, 4.69) is 10.3 Å². The number of nitrogens with one attached hydrogen (secondary N) is 1. The average molecular weight is 360 g/mol. The lowest BCUT2D eigenvalue weighted by atomic mass is 10.2. The Balaban J connectivity index is 1.64. The van der Waals surface area contributed by atoms with Gasteiger partial charge in [0.25, 0.3) is 0 Å². The van der Waals surface area contributed by atoms with Gasteiger partial charge in [-0.2, -0.15) is 0 Å². The topological polar surface area (TPSA) is 77.5 Å². The molecular formula is C18H20N2O4S. The number of esters is 1. The molecule has 0 aliphatic carbocycles. The van der Waals surface area contributed by atoms with Crippen LogP contribution in [0.3, 0.4) is 0 Å². The summed E-state index contributed by atoms with van der Waals surface area (Å²) >= 11 is 1.27.